The highest BCUT2D eigenvalue weighted by Gasteiger charge is 2.08. The van der Waals surface area contributed by atoms with Crippen molar-refractivity contribution in [1.82, 2.24) is 5.32 Å². The number of thiocarbonyl (C=S) groups is 1. The molecule has 32 heavy (non-hydrogen) atoms. The third-order valence-corrected chi connectivity index (χ3v) is 4.88. The number of carbonyl (C=O) groups is 1. The number of benzene rings is 2. The van der Waals surface area contributed by atoms with E-state index in [0.717, 1.165) is 23.6 Å². The lowest BCUT2D eigenvalue weighted by Gasteiger charge is -2.11. The molecule has 0 spiro atoms. The Morgan fingerprint density at radius 1 is 0.812 bits per heavy atom. The lowest BCUT2D eigenvalue weighted by atomic mass is 10.2. The van der Waals surface area contributed by atoms with Crippen LogP contribution in [0, 0.1) is 0 Å². The molecule has 7 heteroatoms. The Labute approximate surface area is 196 Å². The molecular formula is C25H34N2O4S. The van der Waals surface area contributed by atoms with Gasteiger partial charge in [0.05, 0.1) is 13.2 Å². The van der Waals surface area contributed by atoms with Gasteiger partial charge in [-0.3, -0.25) is 10.1 Å². The number of carbonyl (C=O) groups excluding carboxylic acids is 1. The van der Waals surface area contributed by atoms with Crippen LogP contribution in [0.2, 0.25) is 0 Å². The molecule has 2 aromatic carbocycles. The molecule has 0 saturated heterocycles. The zero-order chi connectivity index (χ0) is 23.0. The third-order valence-electron chi connectivity index (χ3n) is 4.67. The standard InChI is InChI=1S/C25H34N2O4S/c1-3-5-6-7-8-17-30-22-13-9-20(10-14-22)24(28)27-25(32)26-21-11-15-23(16-12-21)31-19-18-29-4-2/h9-16H,3-8,17-19H2,1-2H3,(H2,26,27,28,32). The summed E-state index contributed by atoms with van der Waals surface area (Å²) in [6.45, 7) is 6.57. The minimum Gasteiger partial charge on any atom is -0.494 e. The molecule has 0 fully saturated rings. The fourth-order valence-corrected chi connectivity index (χ4v) is 3.14. The monoisotopic (exact) mass is 458 g/mol. The summed E-state index contributed by atoms with van der Waals surface area (Å²) in [6, 6.07) is 14.4. The molecule has 1 amide bonds. The molecule has 0 aliphatic rings. The molecule has 6 nitrogen and oxygen atoms in total. The largest absolute Gasteiger partial charge is 0.494 e. The van der Waals surface area contributed by atoms with Gasteiger partial charge < -0.3 is 19.5 Å². The van der Waals surface area contributed by atoms with E-state index < -0.39 is 0 Å². The smallest absolute Gasteiger partial charge is 0.257 e. The number of unbranched alkanes of at least 4 members (excludes halogenated alkanes) is 4. The van der Waals surface area contributed by atoms with Crippen LogP contribution in [-0.4, -0.2) is 37.4 Å². The first-order chi connectivity index (χ1) is 15.6. The number of ether oxygens (including phenoxy) is 3. The average Bonchev–Trinajstić information content (AvgIpc) is 2.80. The van der Waals surface area contributed by atoms with E-state index in [1.54, 1.807) is 12.1 Å². The maximum atomic E-state index is 12.4. The van der Waals surface area contributed by atoms with Crippen molar-refractivity contribution < 1.29 is 19.0 Å². The van der Waals surface area contributed by atoms with Crippen LogP contribution >= 0.6 is 12.2 Å². The van der Waals surface area contributed by atoms with Crippen LogP contribution in [0.15, 0.2) is 48.5 Å². The van der Waals surface area contributed by atoms with Gasteiger partial charge in [0, 0.05) is 17.9 Å². The van der Waals surface area contributed by atoms with Gasteiger partial charge in [0.2, 0.25) is 0 Å². The summed E-state index contributed by atoms with van der Waals surface area (Å²) in [6.07, 6.45) is 5.99. The number of rotatable bonds is 14. The highest BCUT2D eigenvalue weighted by atomic mass is 32.1. The van der Waals surface area contributed by atoms with Gasteiger partial charge in [-0.15, -0.1) is 0 Å². The second-order valence-electron chi connectivity index (χ2n) is 7.27. The molecule has 0 saturated carbocycles. The molecule has 2 N–H and O–H groups in total. The Hall–Kier alpha value is -2.64. The first kappa shape index (κ1) is 25.6. The van der Waals surface area contributed by atoms with Gasteiger partial charge >= 0.3 is 0 Å². The van der Waals surface area contributed by atoms with E-state index in [2.05, 4.69) is 17.6 Å². The normalized spacial score (nSPS) is 10.4. The molecular weight excluding hydrogens is 424 g/mol. The van der Waals surface area contributed by atoms with Crippen molar-refractivity contribution in [1.29, 1.82) is 0 Å². The Morgan fingerprint density at radius 3 is 2.09 bits per heavy atom. The molecule has 0 heterocycles. The first-order valence-electron chi connectivity index (χ1n) is 11.3. The van der Waals surface area contributed by atoms with Gasteiger partial charge in [0.25, 0.3) is 5.91 Å². The van der Waals surface area contributed by atoms with Crippen molar-refractivity contribution in [2.75, 3.05) is 31.7 Å². The predicted molar refractivity (Wildman–Crippen MR) is 133 cm³/mol. The van der Waals surface area contributed by atoms with Crippen molar-refractivity contribution in [2.45, 2.75) is 46.0 Å². The van der Waals surface area contributed by atoms with E-state index in [1.165, 1.54) is 25.7 Å². The topological polar surface area (TPSA) is 68.8 Å². The van der Waals surface area contributed by atoms with E-state index in [4.69, 9.17) is 26.4 Å². The van der Waals surface area contributed by atoms with E-state index >= 15 is 0 Å². The van der Waals surface area contributed by atoms with Crippen molar-refractivity contribution in [3.05, 3.63) is 54.1 Å². The number of amides is 1. The van der Waals surface area contributed by atoms with Crippen molar-refractivity contribution >= 4 is 28.9 Å². The summed E-state index contributed by atoms with van der Waals surface area (Å²) in [4.78, 5) is 12.4. The van der Waals surface area contributed by atoms with Crippen LogP contribution in [0.4, 0.5) is 5.69 Å². The zero-order valence-electron chi connectivity index (χ0n) is 19.0. The molecule has 0 aromatic heterocycles. The van der Waals surface area contributed by atoms with Crippen molar-refractivity contribution in [2.24, 2.45) is 0 Å². The average molecular weight is 459 g/mol. The van der Waals surface area contributed by atoms with Gasteiger partial charge in [-0.05, 0) is 74.1 Å². The highest BCUT2D eigenvalue weighted by Crippen LogP contribution is 2.16. The van der Waals surface area contributed by atoms with Crippen LogP contribution in [-0.2, 0) is 4.74 Å². The van der Waals surface area contributed by atoms with Crippen LogP contribution < -0.4 is 20.1 Å². The van der Waals surface area contributed by atoms with Crippen LogP contribution in [0.5, 0.6) is 11.5 Å². The zero-order valence-corrected chi connectivity index (χ0v) is 19.8. The molecule has 2 rings (SSSR count). The van der Waals surface area contributed by atoms with Gasteiger partial charge in [-0.2, -0.15) is 0 Å². The first-order valence-corrected chi connectivity index (χ1v) is 11.7. The van der Waals surface area contributed by atoms with E-state index in [9.17, 15) is 4.79 Å². The predicted octanol–water partition coefficient (Wildman–Crippen LogP) is 5.58. The molecule has 0 unspecified atom stereocenters. The van der Waals surface area contributed by atoms with Gasteiger partial charge in [-0.1, -0.05) is 32.6 Å². The minimum absolute atomic E-state index is 0.229. The Bertz CT molecular complexity index is 810. The molecule has 0 atom stereocenters. The Balaban J connectivity index is 1.72. The Morgan fingerprint density at radius 2 is 1.44 bits per heavy atom. The van der Waals surface area contributed by atoms with Crippen molar-refractivity contribution in [3.63, 3.8) is 0 Å². The molecule has 0 radical (unpaired) electrons. The molecule has 174 valence electrons. The quantitative estimate of drug-likeness (QED) is 0.285. The summed E-state index contributed by atoms with van der Waals surface area (Å²) in [5.74, 6) is 1.24. The number of hydrogen-bond acceptors (Lipinski definition) is 5. The van der Waals surface area contributed by atoms with Crippen molar-refractivity contribution in [3.8, 4) is 11.5 Å². The summed E-state index contributed by atoms with van der Waals surface area (Å²) in [7, 11) is 0. The Kier molecular flexibility index (Phi) is 12.2. The maximum Gasteiger partial charge on any atom is 0.257 e. The lowest BCUT2D eigenvalue weighted by molar-refractivity contribution is 0.0977. The van der Waals surface area contributed by atoms with Gasteiger partial charge in [-0.25, -0.2) is 0 Å². The fourth-order valence-electron chi connectivity index (χ4n) is 2.93. The van der Waals surface area contributed by atoms with Gasteiger partial charge in [0.1, 0.15) is 18.1 Å². The van der Waals surface area contributed by atoms with E-state index in [1.807, 2.05) is 43.3 Å². The van der Waals surface area contributed by atoms with Crippen LogP contribution in [0.1, 0.15) is 56.3 Å². The third kappa shape index (κ3) is 10.1. The molecule has 0 aliphatic carbocycles. The molecule has 0 aliphatic heterocycles. The van der Waals surface area contributed by atoms with Crippen LogP contribution in [0.25, 0.3) is 0 Å². The fraction of sp³-hybridized carbons (Fsp3) is 0.440. The van der Waals surface area contributed by atoms with E-state index in [-0.39, 0.29) is 11.0 Å². The summed E-state index contributed by atoms with van der Waals surface area (Å²) in [5, 5.41) is 5.92. The number of anilines is 1. The van der Waals surface area contributed by atoms with Crippen LogP contribution in [0.3, 0.4) is 0 Å². The highest BCUT2D eigenvalue weighted by molar-refractivity contribution is 7.80. The molecule has 2 aromatic rings. The summed E-state index contributed by atoms with van der Waals surface area (Å²) >= 11 is 5.26. The number of hydrogen-bond donors (Lipinski definition) is 2. The van der Waals surface area contributed by atoms with Gasteiger partial charge in [0.15, 0.2) is 5.11 Å². The second-order valence-corrected chi connectivity index (χ2v) is 7.67. The lowest BCUT2D eigenvalue weighted by Crippen LogP contribution is -2.34. The number of nitrogens with one attached hydrogen (secondary N) is 2. The maximum absolute atomic E-state index is 12.4. The second kappa shape index (κ2) is 15.2. The van der Waals surface area contributed by atoms with E-state index in [0.29, 0.717) is 32.0 Å². The summed E-state index contributed by atoms with van der Waals surface area (Å²) in [5.41, 5.74) is 1.28. The summed E-state index contributed by atoms with van der Waals surface area (Å²) < 4.78 is 16.6. The molecule has 0 bridgehead atoms. The SMILES string of the molecule is CCCCCCCOc1ccc(C(=O)NC(=S)Nc2ccc(OCCOCC)cc2)cc1. The minimum atomic E-state index is -0.274.